The number of aliphatic hydroxyl groups is 1. The highest BCUT2D eigenvalue weighted by Gasteiger charge is 2.28. The maximum Gasteiger partial charge on any atom is 0.326 e. The van der Waals surface area contributed by atoms with Gasteiger partial charge in [-0.25, -0.2) is 4.79 Å². The van der Waals surface area contributed by atoms with E-state index in [1.165, 1.54) is 0 Å². The van der Waals surface area contributed by atoms with Gasteiger partial charge in [0.1, 0.15) is 18.1 Å². The topological polar surface area (TPSA) is 208 Å². The van der Waals surface area contributed by atoms with E-state index in [1.807, 2.05) is 0 Å². The number of aliphatic hydroxyl groups excluding tert-OH is 1. The van der Waals surface area contributed by atoms with Crippen LogP contribution in [-0.4, -0.2) is 76.3 Å². The number of rotatable bonds is 12. The molecule has 0 aromatic carbocycles. The van der Waals surface area contributed by atoms with Crippen LogP contribution in [0.5, 0.6) is 0 Å². The molecule has 3 amide bonds. The molecule has 12 heteroatoms. The molecule has 0 aromatic rings. The Morgan fingerprint density at radius 3 is 2.07 bits per heavy atom. The van der Waals surface area contributed by atoms with Crippen molar-refractivity contribution in [2.45, 2.75) is 44.8 Å². The standard InChI is InChI=1S/C15H26N4O8/c1-3-7(2)12(15(26)27)19-10(21)5-17-14(25)9(4-11(22)23)18-13(24)8(16)6-20/h7-9,12,20H,3-6,16H2,1-2H3,(H,17,25)(H,18,24)(H,19,21)(H,22,23)(H,26,27). The Labute approximate surface area is 155 Å². The van der Waals surface area contributed by atoms with Gasteiger partial charge in [0.05, 0.1) is 19.6 Å². The third-order valence-electron chi connectivity index (χ3n) is 3.76. The Morgan fingerprint density at radius 1 is 1.04 bits per heavy atom. The summed E-state index contributed by atoms with van der Waals surface area (Å²) < 4.78 is 0. The average Bonchev–Trinajstić information content (AvgIpc) is 2.61. The van der Waals surface area contributed by atoms with E-state index >= 15 is 0 Å². The zero-order valence-electron chi connectivity index (χ0n) is 15.1. The molecule has 8 N–H and O–H groups in total. The maximum absolute atomic E-state index is 12.1. The minimum absolute atomic E-state index is 0.346. The van der Waals surface area contributed by atoms with Crippen LogP contribution in [0.15, 0.2) is 0 Å². The van der Waals surface area contributed by atoms with E-state index in [1.54, 1.807) is 13.8 Å². The molecule has 0 rings (SSSR count). The van der Waals surface area contributed by atoms with Gasteiger partial charge in [-0.1, -0.05) is 20.3 Å². The normalized spacial score (nSPS) is 15.0. The highest BCUT2D eigenvalue weighted by atomic mass is 16.4. The first-order chi connectivity index (χ1) is 12.5. The van der Waals surface area contributed by atoms with Crippen molar-refractivity contribution in [1.82, 2.24) is 16.0 Å². The number of nitrogens with two attached hydrogens (primary N) is 1. The summed E-state index contributed by atoms with van der Waals surface area (Å²) in [5.41, 5.74) is 5.28. The van der Waals surface area contributed by atoms with Crippen molar-refractivity contribution in [3.05, 3.63) is 0 Å². The maximum atomic E-state index is 12.1. The van der Waals surface area contributed by atoms with Gasteiger partial charge < -0.3 is 37.0 Å². The molecule has 0 aliphatic rings. The minimum atomic E-state index is -1.52. The largest absolute Gasteiger partial charge is 0.481 e. The molecule has 0 spiro atoms. The SMILES string of the molecule is CCC(C)C(NC(=O)CNC(=O)C(CC(=O)O)NC(=O)C(N)CO)C(=O)O. The zero-order valence-corrected chi connectivity index (χ0v) is 15.1. The number of hydrogen-bond acceptors (Lipinski definition) is 7. The van der Waals surface area contributed by atoms with Crippen LogP contribution in [0.3, 0.4) is 0 Å². The van der Waals surface area contributed by atoms with Gasteiger partial charge in [0.25, 0.3) is 0 Å². The fourth-order valence-corrected chi connectivity index (χ4v) is 1.94. The lowest BCUT2D eigenvalue weighted by Gasteiger charge is -2.21. The molecule has 0 radical (unpaired) electrons. The highest BCUT2D eigenvalue weighted by Crippen LogP contribution is 2.07. The predicted molar refractivity (Wildman–Crippen MR) is 91.3 cm³/mol. The van der Waals surface area contributed by atoms with Gasteiger partial charge in [0.2, 0.25) is 17.7 Å². The van der Waals surface area contributed by atoms with Crippen molar-refractivity contribution in [1.29, 1.82) is 0 Å². The molecular weight excluding hydrogens is 364 g/mol. The van der Waals surface area contributed by atoms with Gasteiger partial charge in [-0.15, -0.1) is 0 Å². The van der Waals surface area contributed by atoms with Crippen LogP contribution in [0.25, 0.3) is 0 Å². The molecular formula is C15H26N4O8. The van der Waals surface area contributed by atoms with Gasteiger partial charge in [-0.2, -0.15) is 0 Å². The van der Waals surface area contributed by atoms with Gasteiger partial charge in [0.15, 0.2) is 0 Å². The Bertz CT molecular complexity index is 568. The fourth-order valence-electron chi connectivity index (χ4n) is 1.94. The Balaban J connectivity index is 4.83. The fraction of sp³-hybridized carbons (Fsp3) is 0.667. The lowest BCUT2D eigenvalue weighted by atomic mass is 9.99. The summed E-state index contributed by atoms with van der Waals surface area (Å²) in [6.07, 6.45) is -0.274. The second-order valence-electron chi connectivity index (χ2n) is 5.93. The number of carbonyl (C=O) groups is 5. The molecule has 154 valence electrons. The Morgan fingerprint density at radius 2 is 1.63 bits per heavy atom. The van der Waals surface area contributed by atoms with Crippen molar-refractivity contribution in [2.24, 2.45) is 11.7 Å². The molecule has 0 bridgehead atoms. The van der Waals surface area contributed by atoms with Gasteiger partial charge in [-0.05, 0) is 5.92 Å². The lowest BCUT2D eigenvalue weighted by molar-refractivity contribution is -0.143. The number of carbonyl (C=O) groups excluding carboxylic acids is 3. The molecule has 4 unspecified atom stereocenters. The van der Waals surface area contributed by atoms with Crippen molar-refractivity contribution >= 4 is 29.7 Å². The lowest BCUT2D eigenvalue weighted by Crippen LogP contribution is -2.55. The Hall–Kier alpha value is -2.73. The summed E-state index contributed by atoms with van der Waals surface area (Å²) in [7, 11) is 0. The third kappa shape index (κ3) is 8.96. The van der Waals surface area contributed by atoms with Crippen LogP contribution in [0.1, 0.15) is 26.7 Å². The van der Waals surface area contributed by atoms with Crippen molar-refractivity contribution in [3.63, 3.8) is 0 Å². The highest BCUT2D eigenvalue weighted by molar-refractivity contribution is 5.94. The molecule has 0 fully saturated rings. The first-order valence-corrected chi connectivity index (χ1v) is 8.21. The average molecular weight is 390 g/mol. The van der Waals surface area contributed by atoms with Gasteiger partial charge in [0, 0.05) is 0 Å². The summed E-state index contributed by atoms with van der Waals surface area (Å²) in [4.78, 5) is 57.5. The van der Waals surface area contributed by atoms with E-state index in [-0.39, 0.29) is 5.92 Å². The molecule has 12 nitrogen and oxygen atoms in total. The second kappa shape index (κ2) is 11.8. The first-order valence-electron chi connectivity index (χ1n) is 8.21. The van der Waals surface area contributed by atoms with E-state index in [0.717, 1.165) is 0 Å². The van der Waals surface area contributed by atoms with E-state index in [9.17, 15) is 24.0 Å². The first kappa shape index (κ1) is 24.3. The van der Waals surface area contributed by atoms with Gasteiger partial charge >= 0.3 is 11.9 Å². The van der Waals surface area contributed by atoms with Crippen LogP contribution in [0.4, 0.5) is 0 Å². The summed E-state index contributed by atoms with van der Waals surface area (Å²) >= 11 is 0. The van der Waals surface area contributed by atoms with Crippen LogP contribution in [0.2, 0.25) is 0 Å². The third-order valence-corrected chi connectivity index (χ3v) is 3.76. The van der Waals surface area contributed by atoms with E-state index < -0.39 is 67.4 Å². The molecule has 0 aliphatic carbocycles. The summed E-state index contributed by atoms with van der Waals surface area (Å²) in [6, 6.07) is -4.01. The molecule has 0 aliphatic heterocycles. The van der Waals surface area contributed by atoms with Gasteiger partial charge in [-0.3, -0.25) is 19.2 Å². The zero-order chi connectivity index (χ0) is 21.1. The molecule has 27 heavy (non-hydrogen) atoms. The smallest absolute Gasteiger partial charge is 0.326 e. The van der Waals surface area contributed by atoms with Crippen molar-refractivity contribution in [3.8, 4) is 0 Å². The summed E-state index contributed by atoms with van der Waals surface area (Å²) in [5, 5.41) is 33.2. The van der Waals surface area contributed by atoms with Crippen LogP contribution >= 0.6 is 0 Å². The number of amides is 3. The second-order valence-corrected chi connectivity index (χ2v) is 5.93. The number of carboxylic acid groups (broad SMARTS) is 2. The number of hydrogen-bond donors (Lipinski definition) is 7. The predicted octanol–water partition coefficient (Wildman–Crippen LogP) is -3.00. The Kier molecular flexibility index (Phi) is 10.6. The van der Waals surface area contributed by atoms with Crippen LogP contribution in [0, 0.1) is 5.92 Å². The molecule has 0 saturated heterocycles. The van der Waals surface area contributed by atoms with Crippen LogP contribution < -0.4 is 21.7 Å². The molecule has 0 heterocycles. The monoisotopic (exact) mass is 390 g/mol. The summed E-state index contributed by atoms with van der Waals surface area (Å²) in [5.74, 6) is -5.66. The molecule has 0 saturated carbocycles. The summed E-state index contributed by atoms with van der Waals surface area (Å²) in [6.45, 7) is 2.07. The quantitative estimate of drug-likeness (QED) is 0.181. The number of carboxylic acids is 2. The van der Waals surface area contributed by atoms with E-state index in [0.29, 0.717) is 6.42 Å². The number of nitrogens with one attached hydrogen (secondary N) is 3. The molecule has 4 atom stereocenters. The van der Waals surface area contributed by atoms with E-state index in [4.69, 9.17) is 21.1 Å². The molecule has 0 aromatic heterocycles. The number of aliphatic carboxylic acids is 2. The van der Waals surface area contributed by atoms with Crippen molar-refractivity contribution < 1.29 is 39.3 Å². The van der Waals surface area contributed by atoms with E-state index in [2.05, 4.69) is 16.0 Å². The van der Waals surface area contributed by atoms with Crippen LogP contribution in [-0.2, 0) is 24.0 Å². The minimum Gasteiger partial charge on any atom is -0.481 e. The van der Waals surface area contributed by atoms with Crippen molar-refractivity contribution in [2.75, 3.05) is 13.2 Å².